The van der Waals surface area contributed by atoms with Gasteiger partial charge in [0.1, 0.15) is 0 Å². The number of hydrogen-bond donors (Lipinski definition) is 3. The fourth-order valence-electron chi connectivity index (χ4n) is 3.07. The molecule has 0 spiro atoms. The molecule has 160 valence electrons. The molecule has 4 aromatic rings. The summed E-state index contributed by atoms with van der Waals surface area (Å²) in [6.45, 7) is 1.89. The lowest BCUT2D eigenvalue weighted by atomic mass is 10.2. The van der Waals surface area contributed by atoms with Crippen molar-refractivity contribution in [2.24, 2.45) is 0 Å². The smallest absolute Gasteiger partial charge is 0.237 e. The Morgan fingerprint density at radius 2 is 1.50 bits per heavy atom. The summed E-state index contributed by atoms with van der Waals surface area (Å²) < 4.78 is 0. The molecule has 3 N–H and O–H groups in total. The topological polar surface area (TPSA) is 66.0 Å². The number of pyridine rings is 1. The molecule has 0 aliphatic carbocycles. The second-order valence-corrected chi connectivity index (χ2v) is 8.96. The van der Waals surface area contributed by atoms with Gasteiger partial charge in [-0.25, -0.2) is 0 Å². The highest BCUT2D eigenvalue weighted by Crippen LogP contribution is 2.26. The number of carbonyl (C=O) groups is 1. The minimum absolute atomic E-state index is 0.0671. The Hall–Kier alpha value is -3.42. The monoisotopic (exact) mass is 458 g/mol. The molecule has 3 aromatic carbocycles. The third-order valence-electron chi connectivity index (χ3n) is 4.68. The maximum Gasteiger partial charge on any atom is 0.237 e. The van der Waals surface area contributed by atoms with Crippen molar-refractivity contribution < 1.29 is 4.79 Å². The van der Waals surface area contributed by atoms with E-state index in [-0.39, 0.29) is 11.2 Å². The van der Waals surface area contributed by atoms with Crippen LogP contribution in [0.1, 0.15) is 6.92 Å². The number of thioether (sulfide) groups is 1. The van der Waals surface area contributed by atoms with Crippen molar-refractivity contribution in [3.8, 4) is 0 Å². The van der Waals surface area contributed by atoms with Crippen LogP contribution in [0, 0.1) is 0 Å². The molecule has 0 saturated carbocycles. The number of nitrogens with one attached hydrogen (secondary N) is 3. The Labute approximate surface area is 196 Å². The Balaban J connectivity index is 1.31. The number of para-hydroxylation sites is 2. The number of nitrogens with zero attached hydrogens (tertiary/aromatic N) is 1. The largest absolute Gasteiger partial charge is 0.332 e. The standard InChI is InChI=1S/C25H22N4OS2/c1-17(24(30)27-21-15-18-7-5-6-10-23(18)26-16-21)32-22-13-11-20(12-14-22)29-25(31)28-19-8-3-2-4-9-19/h2-17H,1H3,(H,27,30)(H2,28,29,31)/t17-/m0/s1. The molecule has 1 heterocycles. The second-order valence-electron chi connectivity index (χ2n) is 7.14. The number of carbonyl (C=O) groups excluding carboxylic acids is 1. The zero-order valence-corrected chi connectivity index (χ0v) is 19.0. The number of thiocarbonyl (C=S) groups is 1. The summed E-state index contributed by atoms with van der Waals surface area (Å²) in [4.78, 5) is 18.0. The molecule has 5 nitrogen and oxygen atoms in total. The third kappa shape index (κ3) is 5.84. The number of rotatable bonds is 6. The van der Waals surface area contributed by atoms with Crippen molar-refractivity contribution in [1.29, 1.82) is 0 Å². The predicted octanol–water partition coefficient (Wildman–Crippen LogP) is 6.16. The molecule has 1 aromatic heterocycles. The predicted molar refractivity (Wildman–Crippen MR) is 138 cm³/mol. The molecule has 0 unspecified atom stereocenters. The van der Waals surface area contributed by atoms with Crippen LogP contribution in [0.4, 0.5) is 17.1 Å². The maximum atomic E-state index is 12.6. The van der Waals surface area contributed by atoms with E-state index < -0.39 is 0 Å². The summed E-state index contributed by atoms with van der Waals surface area (Å²) >= 11 is 6.86. The molecule has 0 fully saturated rings. The second kappa shape index (κ2) is 10.3. The number of aromatic nitrogens is 1. The van der Waals surface area contributed by atoms with Crippen molar-refractivity contribution in [2.75, 3.05) is 16.0 Å². The van der Waals surface area contributed by atoms with Gasteiger partial charge in [-0.2, -0.15) is 0 Å². The lowest BCUT2D eigenvalue weighted by molar-refractivity contribution is -0.115. The minimum atomic E-state index is -0.263. The van der Waals surface area contributed by atoms with E-state index >= 15 is 0 Å². The van der Waals surface area contributed by atoms with Crippen LogP contribution in [0.3, 0.4) is 0 Å². The Morgan fingerprint density at radius 1 is 0.844 bits per heavy atom. The average Bonchev–Trinajstić information content (AvgIpc) is 2.81. The van der Waals surface area contributed by atoms with Gasteiger partial charge in [0.25, 0.3) is 0 Å². The molecule has 0 aliphatic rings. The van der Waals surface area contributed by atoms with Gasteiger partial charge < -0.3 is 16.0 Å². The van der Waals surface area contributed by atoms with Crippen molar-refractivity contribution in [2.45, 2.75) is 17.1 Å². The quantitative estimate of drug-likeness (QED) is 0.237. The first-order chi connectivity index (χ1) is 15.6. The third-order valence-corrected chi connectivity index (χ3v) is 6.00. The van der Waals surface area contributed by atoms with Crippen molar-refractivity contribution >= 4 is 63.0 Å². The Kier molecular flexibility index (Phi) is 6.99. The Morgan fingerprint density at radius 3 is 2.25 bits per heavy atom. The molecular weight excluding hydrogens is 436 g/mol. The molecule has 0 aliphatic heterocycles. The lowest BCUT2D eigenvalue weighted by Gasteiger charge is -2.13. The summed E-state index contributed by atoms with van der Waals surface area (Å²) in [5.41, 5.74) is 3.40. The van der Waals surface area contributed by atoms with Gasteiger partial charge >= 0.3 is 0 Å². The highest BCUT2D eigenvalue weighted by molar-refractivity contribution is 8.00. The normalized spacial score (nSPS) is 11.5. The van der Waals surface area contributed by atoms with E-state index in [1.165, 1.54) is 11.8 Å². The van der Waals surface area contributed by atoms with Crippen LogP contribution < -0.4 is 16.0 Å². The molecule has 0 bridgehead atoms. The van der Waals surface area contributed by atoms with E-state index in [4.69, 9.17) is 12.2 Å². The summed E-state index contributed by atoms with van der Waals surface area (Å²) in [6.07, 6.45) is 1.68. The van der Waals surface area contributed by atoms with Gasteiger partial charge in [-0.15, -0.1) is 11.8 Å². The van der Waals surface area contributed by atoms with Crippen LogP contribution in [0.25, 0.3) is 10.9 Å². The molecule has 1 atom stereocenters. The fourth-order valence-corrected chi connectivity index (χ4v) is 4.18. The minimum Gasteiger partial charge on any atom is -0.332 e. The summed E-state index contributed by atoms with van der Waals surface area (Å²) in [5, 5.41) is 10.5. The summed E-state index contributed by atoms with van der Waals surface area (Å²) in [5.74, 6) is -0.0671. The van der Waals surface area contributed by atoms with E-state index in [1.54, 1.807) is 6.20 Å². The van der Waals surface area contributed by atoms with Gasteiger partial charge in [0.15, 0.2) is 5.11 Å². The van der Waals surface area contributed by atoms with Crippen LogP contribution in [-0.2, 0) is 4.79 Å². The van der Waals surface area contributed by atoms with Crippen LogP contribution >= 0.6 is 24.0 Å². The van der Waals surface area contributed by atoms with Crippen LogP contribution in [0.2, 0.25) is 0 Å². The molecule has 0 radical (unpaired) electrons. The maximum absolute atomic E-state index is 12.6. The van der Waals surface area contributed by atoms with E-state index in [9.17, 15) is 4.79 Å². The zero-order chi connectivity index (χ0) is 22.3. The summed E-state index contributed by atoms with van der Waals surface area (Å²) in [7, 11) is 0. The van der Waals surface area contributed by atoms with E-state index in [1.807, 2.05) is 91.9 Å². The van der Waals surface area contributed by atoms with Crippen LogP contribution in [-0.4, -0.2) is 21.3 Å². The average molecular weight is 459 g/mol. The molecule has 1 amide bonds. The number of anilines is 3. The van der Waals surface area contributed by atoms with E-state index in [2.05, 4.69) is 20.9 Å². The summed E-state index contributed by atoms with van der Waals surface area (Å²) in [6, 6.07) is 27.4. The number of benzene rings is 3. The van der Waals surface area contributed by atoms with Gasteiger partial charge in [-0.05, 0) is 67.7 Å². The fraction of sp³-hybridized carbons (Fsp3) is 0.0800. The van der Waals surface area contributed by atoms with Crippen molar-refractivity contribution in [1.82, 2.24) is 4.98 Å². The zero-order valence-electron chi connectivity index (χ0n) is 17.4. The van der Waals surface area contributed by atoms with Crippen molar-refractivity contribution in [3.63, 3.8) is 0 Å². The first-order valence-corrected chi connectivity index (χ1v) is 11.4. The number of hydrogen-bond acceptors (Lipinski definition) is 4. The lowest BCUT2D eigenvalue weighted by Crippen LogP contribution is -2.22. The SMILES string of the molecule is C[C@H](Sc1ccc(NC(=S)Nc2ccccc2)cc1)C(=O)Nc1cnc2ccccc2c1. The molecular formula is C25H22N4OS2. The number of fused-ring (bicyclic) bond motifs is 1. The molecule has 32 heavy (non-hydrogen) atoms. The van der Waals surface area contributed by atoms with Gasteiger partial charge in [0.05, 0.1) is 22.7 Å². The molecule has 0 saturated heterocycles. The van der Waals surface area contributed by atoms with Gasteiger partial charge in [0, 0.05) is 21.7 Å². The van der Waals surface area contributed by atoms with Crippen molar-refractivity contribution in [3.05, 3.63) is 91.1 Å². The molecule has 4 rings (SSSR count). The van der Waals surface area contributed by atoms with Crippen LogP contribution in [0.15, 0.2) is 96.0 Å². The highest BCUT2D eigenvalue weighted by Gasteiger charge is 2.15. The van der Waals surface area contributed by atoms with Gasteiger partial charge in [-0.1, -0.05) is 36.4 Å². The van der Waals surface area contributed by atoms with Gasteiger partial charge in [0.2, 0.25) is 5.91 Å². The molecule has 7 heteroatoms. The van der Waals surface area contributed by atoms with E-state index in [0.717, 1.165) is 27.2 Å². The van der Waals surface area contributed by atoms with E-state index in [0.29, 0.717) is 10.8 Å². The van der Waals surface area contributed by atoms with Crippen LogP contribution in [0.5, 0.6) is 0 Å². The Bertz CT molecular complexity index is 1230. The highest BCUT2D eigenvalue weighted by atomic mass is 32.2. The van der Waals surface area contributed by atoms with Gasteiger partial charge in [-0.3, -0.25) is 9.78 Å². The first-order valence-electron chi connectivity index (χ1n) is 10.1. The first kappa shape index (κ1) is 21.8. The number of amides is 1.